The van der Waals surface area contributed by atoms with E-state index < -0.39 is 0 Å². The van der Waals surface area contributed by atoms with E-state index in [0.29, 0.717) is 12.0 Å². The number of ether oxygens (including phenoxy) is 1. The van der Waals surface area contributed by atoms with Gasteiger partial charge in [-0.05, 0) is 36.8 Å². The molecular formula is C15H23NO. The highest BCUT2D eigenvalue weighted by atomic mass is 16.5. The maximum Gasteiger partial charge on any atom is 0.0613 e. The van der Waals surface area contributed by atoms with Gasteiger partial charge in [-0.3, -0.25) is 0 Å². The second kappa shape index (κ2) is 6.18. The lowest BCUT2D eigenvalue weighted by molar-refractivity contribution is 0.0872. The summed E-state index contributed by atoms with van der Waals surface area (Å²) in [4.78, 5) is 0. The first-order valence-corrected chi connectivity index (χ1v) is 6.68. The summed E-state index contributed by atoms with van der Waals surface area (Å²) < 4.78 is 5.70. The van der Waals surface area contributed by atoms with Gasteiger partial charge in [0.25, 0.3) is 0 Å². The summed E-state index contributed by atoms with van der Waals surface area (Å²) in [6.07, 6.45) is 2.81. The number of hydrogen-bond acceptors (Lipinski definition) is 2. The molecule has 1 fully saturated rings. The number of nitrogens with one attached hydrogen (secondary N) is 1. The summed E-state index contributed by atoms with van der Waals surface area (Å²) >= 11 is 0. The van der Waals surface area contributed by atoms with E-state index in [9.17, 15) is 0 Å². The van der Waals surface area contributed by atoms with Crippen LogP contribution in [0.4, 0.5) is 0 Å². The van der Waals surface area contributed by atoms with Gasteiger partial charge in [-0.15, -0.1) is 0 Å². The van der Waals surface area contributed by atoms with Gasteiger partial charge in [0, 0.05) is 19.7 Å². The van der Waals surface area contributed by atoms with Gasteiger partial charge in [0.2, 0.25) is 0 Å². The van der Waals surface area contributed by atoms with Crippen LogP contribution in [-0.4, -0.2) is 19.3 Å². The summed E-state index contributed by atoms with van der Waals surface area (Å²) in [5, 5.41) is 3.57. The molecule has 2 rings (SSSR count). The van der Waals surface area contributed by atoms with Crippen molar-refractivity contribution in [1.82, 2.24) is 5.32 Å². The van der Waals surface area contributed by atoms with Crippen LogP contribution in [0.2, 0.25) is 0 Å². The minimum absolute atomic E-state index is 0.472. The van der Waals surface area contributed by atoms with Crippen LogP contribution in [0.15, 0.2) is 24.3 Å². The van der Waals surface area contributed by atoms with Gasteiger partial charge in [-0.2, -0.15) is 0 Å². The SMILES string of the molecule is CCC1OCCC1CNCc1ccccc1C. The van der Waals surface area contributed by atoms with Crippen LogP contribution in [0, 0.1) is 12.8 Å². The molecule has 2 atom stereocenters. The smallest absolute Gasteiger partial charge is 0.0613 e. The average Bonchev–Trinajstić information content (AvgIpc) is 2.79. The highest BCUT2D eigenvalue weighted by Crippen LogP contribution is 2.22. The zero-order chi connectivity index (χ0) is 12.1. The molecule has 0 saturated carbocycles. The Labute approximate surface area is 104 Å². The molecule has 1 aromatic rings. The highest BCUT2D eigenvalue weighted by Gasteiger charge is 2.25. The Balaban J connectivity index is 1.78. The Hall–Kier alpha value is -0.860. The van der Waals surface area contributed by atoms with E-state index >= 15 is 0 Å². The molecule has 2 nitrogen and oxygen atoms in total. The van der Waals surface area contributed by atoms with E-state index in [1.54, 1.807) is 0 Å². The van der Waals surface area contributed by atoms with Crippen LogP contribution in [0.1, 0.15) is 30.9 Å². The monoisotopic (exact) mass is 233 g/mol. The molecule has 1 aromatic carbocycles. The molecule has 1 saturated heterocycles. The molecule has 2 unspecified atom stereocenters. The number of hydrogen-bond donors (Lipinski definition) is 1. The highest BCUT2D eigenvalue weighted by molar-refractivity contribution is 5.25. The van der Waals surface area contributed by atoms with Crippen molar-refractivity contribution in [3.63, 3.8) is 0 Å². The number of rotatable bonds is 5. The molecule has 0 bridgehead atoms. The fourth-order valence-electron chi connectivity index (χ4n) is 2.58. The maximum absolute atomic E-state index is 5.70. The molecule has 1 heterocycles. The molecular weight excluding hydrogens is 210 g/mol. The Bertz CT molecular complexity index is 351. The molecule has 0 aliphatic carbocycles. The molecule has 94 valence electrons. The Morgan fingerprint density at radius 2 is 2.18 bits per heavy atom. The molecule has 0 aromatic heterocycles. The first-order valence-electron chi connectivity index (χ1n) is 6.68. The van der Waals surface area contributed by atoms with Crippen molar-refractivity contribution < 1.29 is 4.74 Å². The zero-order valence-corrected chi connectivity index (χ0v) is 10.9. The Morgan fingerprint density at radius 1 is 1.35 bits per heavy atom. The average molecular weight is 233 g/mol. The first kappa shape index (κ1) is 12.6. The first-order chi connectivity index (χ1) is 8.31. The van der Waals surface area contributed by atoms with E-state index in [0.717, 1.165) is 26.1 Å². The normalized spacial score (nSPS) is 24.1. The summed E-state index contributed by atoms with van der Waals surface area (Å²) in [6.45, 7) is 7.37. The lowest BCUT2D eigenvalue weighted by Gasteiger charge is -2.17. The van der Waals surface area contributed by atoms with Gasteiger partial charge in [-0.25, -0.2) is 0 Å². The van der Waals surface area contributed by atoms with Crippen LogP contribution < -0.4 is 5.32 Å². The molecule has 1 aliphatic rings. The number of benzene rings is 1. The van der Waals surface area contributed by atoms with Gasteiger partial charge in [-0.1, -0.05) is 31.2 Å². The quantitative estimate of drug-likeness (QED) is 0.844. The van der Waals surface area contributed by atoms with Gasteiger partial charge < -0.3 is 10.1 Å². The fraction of sp³-hybridized carbons (Fsp3) is 0.600. The third-order valence-corrected chi connectivity index (χ3v) is 3.73. The van der Waals surface area contributed by atoms with E-state index in [1.807, 2.05) is 0 Å². The standard InChI is InChI=1S/C15H23NO/c1-3-15-14(8-9-17-15)11-16-10-13-7-5-4-6-12(13)2/h4-7,14-16H,3,8-11H2,1-2H3. The molecule has 17 heavy (non-hydrogen) atoms. The molecule has 1 aliphatic heterocycles. The molecule has 2 heteroatoms. The van der Waals surface area contributed by atoms with Crippen molar-refractivity contribution in [2.24, 2.45) is 5.92 Å². The second-order valence-corrected chi connectivity index (χ2v) is 4.92. The van der Waals surface area contributed by atoms with Crippen LogP contribution in [0.3, 0.4) is 0 Å². The maximum atomic E-state index is 5.70. The van der Waals surface area contributed by atoms with E-state index in [1.165, 1.54) is 17.5 Å². The second-order valence-electron chi connectivity index (χ2n) is 4.92. The van der Waals surface area contributed by atoms with Gasteiger partial charge in [0.1, 0.15) is 0 Å². The topological polar surface area (TPSA) is 21.3 Å². The predicted octanol–water partition coefficient (Wildman–Crippen LogP) is 2.90. The van der Waals surface area contributed by atoms with Crippen LogP contribution in [0.5, 0.6) is 0 Å². The van der Waals surface area contributed by atoms with Crippen molar-refractivity contribution in [3.05, 3.63) is 35.4 Å². The Kier molecular flexibility index (Phi) is 4.57. The van der Waals surface area contributed by atoms with E-state index in [-0.39, 0.29) is 0 Å². The lowest BCUT2D eigenvalue weighted by atomic mass is 9.99. The Morgan fingerprint density at radius 3 is 2.94 bits per heavy atom. The molecule has 0 spiro atoms. The fourth-order valence-corrected chi connectivity index (χ4v) is 2.58. The summed E-state index contributed by atoms with van der Waals surface area (Å²) in [7, 11) is 0. The van der Waals surface area contributed by atoms with Gasteiger partial charge in [0.15, 0.2) is 0 Å². The molecule has 0 radical (unpaired) electrons. The van der Waals surface area contributed by atoms with Crippen molar-refractivity contribution in [3.8, 4) is 0 Å². The summed E-state index contributed by atoms with van der Waals surface area (Å²) in [6, 6.07) is 8.57. The lowest BCUT2D eigenvalue weighted by Crippen LogP contribution is -2.28. The minimum atomic E-state index is 0.472. The predicted molar refractivity (Wildman–Crippen MR) is 71.0 cm³/mol. The summed E-state index contributed by atoms with van der Waals surface area (Å²) in [5.74, 6) is 0.698. The molecule has 0 amide bonds. The third-order valence-electron chi connectivity index (χ3n) is 3.73. The number of aryl methyl sites for hydroxylation is 1. The van der Waals surface area contributed by atoms with Crippen molar-refractivity contribution in [2.75, 3.05) is 13.2 Å². The molecule has 1 N–H and O–H groups in total. The van der Waals surface area contributed by atoms with E-state index in [4.69, 9.17) is 4.74 Å². The van der Waals surface area contributed by atoms with Crippen molar-refractivity contribution >= 4 is 0 Å². The largest absolute Gasteiger partial charge is 0.378 e. The van der Waals surface area contributed by atoms with Crippen molar-refractivity contribution in [2.45, 2.75) is 39.3 Å². The van der Waals surface area contributed by atoms with Crippen LogP contribution in [-0.2, 0) is 11.3 Å². The van der Waals surface area contributed by atoms with Gasteiger partial charge in [0.05, 0.1) is 6.10 Å². The van der Waals surface area contributed by atoms with Gasteiger partial charge >= 0.3 is 0 Å². The van der Waals surface area contributed by atoms with Crippen LogP contribution in [0.25, 0.3) is 0 Å². The van der Waals surface area contributed by atoms with Crippen LogP contribution >= 0.6 is 0 Å². The summed E-state index contributed by atoms with van der Waals surface area (Å²) in [5.41, 5.74) is 2.77. The zero-order valence-electron chi connectivity index (χ0n) is 10.9. The minimum Gasteiger partial charge on any atom is -0.378 e. The van der Waals surface area contributed by atoms with E-state index in [2.05, 4.69) is 43.4 Å². The van der Waals surface area contributed by atoms with Crippen molar-refractivity contribution in [1.29, 1.82) is 0 Å². The third kappa shape index (κ3) is 3.30.